The summed E-state index contributed by atoms with van der Waals surface area (Å²) in [5, 5.41) is 1.86. The van der Waals surface area contributed by atoms with Gasteiger partial charge in [-0.3, -0.25) is 14.9 Å². The molecule has 104 valence electrons. The molecule has 1 fully saturated rings. The average Bonchev–Trinajstić information content (AvgIpc) is 2.70. The standard InChI is InChI=1S/C12H10N2O6/c1-19-8-4-3-6(5-7(8)11(17)20-2)14-10(16)9(15)13-12(14)18/h3-5H,1-2H3,(H,13,15,18). The van der Waals surface area contributed by atoms with Crippen molar-refractivity contribution in [3.05, 3.63) is 23.8 Å². The fraction of sp³-hybridized carbons (Fsp3) is 0.167. The molecule has 1 saturated heterocycles. The number of imide groups is 2. The highest BCUT2D eigenvalue weighted by Gasteiger charge is 2.38. The Balaban J connectivity index is 2.49. The molecule has 1 aliphatic heterocycles. The van der Waals surface area contributed by atoms with E-state index < -0.39 is 23.8 Å². The maximum atomic E-state index is 11.6. The van der Waals surface area contributed by atoms with E-state index in [-0.39, 0.29) is 17.0 Å². The number of carbonyl (C=O) groups excluding carboxylic acids is 4. The van der Waals surface area contributed by atoms with Crippen LogP contribution in [0.5, 0.6) is 5.75 Å². The minimum atomic E-state index is -1.02. The second kappa shape index (κ2) is 5.00. The minimum Gasteiger partial charge on any atom is -0.496 e. The zero-order valence-electron chi connectivity index (χ0n) is 10.6. The molecule has 0 unspecified atom stereocenters. The van der Waals surface area contributed by atoms with Gasteiger partial charge in [0.15, 0.2) is 0 Å². The molecule has 0 radical (unpaired) electrons. The van der Waals surface area contributed by atoms with E-state index in [2.05, 4.69) is 4.74 Å². The smallest absolute Gasteiger partial charge is 0.341 e. The van der Waals surface area contributed by atoms with Crippen molar-refractivity contribution in [3.63, 3.8) is 0 Å². The van der Waals surface area contributed by atoms with Crippen molar-refractivity contribution in [1.29, 1.82) is 0 Å². The fourth-order valence-electron chi connectivity index (χ4n) is 1.74. The molecule has 1 N–H and O–H groups in total. The first-order chi connectivity index (χ1) is 9.49. The van der Waals surface area contributed by atoms with Gasteiger partial charge >= 0.3 is 23.8 Å². The van der Waals surface area contributed by atoms with Gasteiger partial charge in [0.25, 0.3) is 0 Å². The summed E-state index contributed by atoms with van der Waals surface area (Å²) in [5.41, 5.74) is 0.104. The molecule has 0 aromatic heterocycles. The largest absolute Gasteiger partial charge is 0.496 e. The molecule has 1 aliphatic rings. The van der Waals surface area contributed by atoms with E-state index in [4.69, 9.17) is 4.74 Å². The lowest BCUT2D eigenvalue weighted by atomic mass is 10.1. The number of methoxy groups -OCH3 is 2. The Morgan fingerprint density at radius 1 is 1.20 bits per heavy atom. The molecule has 1 aromatic rings. The number of anilines is 1. The van der Waals surface area contributed by atoms with Gasteiger partial charge in [-0.2, -0.15) is 0 Å². The molecule has 0 atom stereocenters. The van der Waals surface area contributed by atoms with Gasteiger partial charge < -0.3 is 9.47 Å². The first-order valence-corrected chi connectivity index (χ1v) is 5.45. The Bertz CT molecular complexity index is 624. The van der Waals surface area contributed by atoms with E-state index in [0.29, 0.717) is 4.90 Å². The quantitative estimate of drug-likeness (QED) is 0.476. The highest BCUT2D eigenvalue weighted by atomic mass is 16.5. The third kappa shape index (κ3) is 2.07. The Morgan fingerprint density at radius 2 is 1.90 bits per heavy atom. The third-order valence-corrected chi connectivity index (χ3v) is 2.67. The first-order valence-electron chi connectivity index (χ1n) is 5.45. The zero-order chi connectivity index (χ0) is 14.9. The highest BCUT2D eigenvalue weighted by molar-refractivity contribution is 6.53. The third-order valence-electron chi connectivity index (χ3n) is 2.67. The molecule has 20 heavy (non-hydrogen) atoms. The lowest BCUT2D eigenvalue weighted by molar-refractivity contribution is -0.134. The monoisotopic (exact) mass is 278 g/mol. The summed E-state index contributed by atoms with van der Waals surface area (Å²) >= 11 is 0. The molecular weight excluding hydrogens is 268 g/mol. The van der Waals surface area contributed by atoms with Gasteiger partial charge in [-0.25, -0.2) is 14.5 Å². The number of hydrogen-bond donors (Lipinski definition) is 1. The summed E-state index contributed by atoms with van der Waals surface area (Å²) in [4.78, 5) is 46.5. The SMILES string of the molecule is COC(=O)c1cc(N2C(=O)NC(=O)C2=O)ccc1OC. The Labute approximate surface area is 113 Å². The second-order valence-electron chi connectivity index (χ2n) is 3.78. The molecule has 4 amide bonds. The summed E-state index contributed by atoms with van der Waals surface area (Å²) in [6, 6.07) is 3.13. The van der Waals surface area contributed by atoms with Crippen molar-refractivity contribution >= 4 is 29.5 Å². The van der Waals surface area contributed by atoms with Crippen molar-refractivity contribution in [2.75, 3.05) is 19.1 Å². The maximum absolute atomic E-state index is 11.6. The molecule has 1 aromatic carbocycles. The Kier molecular flexibility index (Phi) is 3.38. The van der Waals surface area contributed by atoms with Crippen molar-refractivity contribution < 1.29 is 28.7 Å². The molecule has 0 aliphatic carbocycles. The average molecular weight is 278 g/mol. The highest BCUT2D eigenvalue weighted by Crippen LogP contribution is 2.27. The van der Waals surface area contributed by atoms with Crippen LogP contribution in [0.3, 0.4) is 0 Å². The van der Waals surface area contributed by atoms with E-state index in [1.54, 1.807) is 0 Å². The van der Waals surface area contributed by atoms with E-state index in [1.165, 1.54) is 32.4 Å². The lowest BCUT2D eigenvalue weighted by Gasteiger charge is -2.14. The van der Waals surface area contributed by atoms with Crippen molar-refractivity contribution in [2.45, 2.75) is 0 Å². The van der Waals surface area contributed by atoms with Gasteiger partial charge in [0.1, 0.15) is 11.3 Å². The molecule has 2 rings (SSSR count). The van der Waals surface area contributed by atoms with Gasteiger partial charge in [0.2, 0.25) is 0 Å². The number of esters is 1. The molecular formula is C12H10N2O6. The van der Waals surface area contributed by atoms with E-state index in [1.807, 2.05) is 5.32 Å². The van der Waals surface area contributed by atoms with Crippen LogP contribution in [0.1, 0.15) is 10.4 Å². The van der Waals surface area contributed by atoms with Crippen LogP contribution in [0.15, 0.2) is 18.2 Å². The first kappa shape index (κ1) is 13.5. The van der Waals surface area contributed by atoms with Crippen LogP contribution in [0.2, 0.25) is 0 Å². The second-order valence-corrected chi connectivity index (χ2v) is 3.78. The fourth-order valence-corrected chi connectivity index (χ4v) is 1.74. The van der Waals surface area contributed by atoms with Gasteiger partial charge in [0.05, 0.1) is 19.9 Å². The predicted molar refractivity (Wildman–Crippen MR) is 65.4 cm³/mol. The number of nitrogens with zero attached hydrogens (tertiary/aromatic N) is 1. The summed E-state index contributed by atoms with van der Waals surface area (Å²) < 4.78 is 9.57. The van der Waals surface area contributed by atoms with Gasteiger partial charge in [-0.05, 0) is 18.2 Å². The molecule has 8 heteroatoms. The predicted octanol–water partition coefficient (Wildman–Crippen LogP) is 0.0646. The number of urea groups is 1. The number of ether oxygens (including phenoxy) is 2. The molecule has 0 saturated carbocycles. The van der Waals surface area contributed by atoms with E-state index >= 15 is 0 Å². The van der Waals surface area contributed by atoms with Crippen LogP contribution < -0.4 is 15.0 Å². The van der Waals surface area contributed by atoms with Gasteiger partial charge in [-0.15, -0.1) is 0 Å². The van der Waals surface area contributed by atoms with Crippen LogP contribution in [0.25, 0.3) is 0 Å². The van der Waals surface area contributed by atoms with Crippen molar-refractivity contribution in [3.8, 4) is 5.75 Å². The minimum absolute atomic E-state index is 0.0347. The maximum Gasteiger partial charge on any atom is 0.341 e. The van der Waals surface area contributed by atoms with Gasteiger partial charge in [0, 0.05) is 0 Å². The molecule has 1 heterocycles. The summed E-state index contributed by atoms with van der Waals surface area (Å²) in [5.74, 6) is -2.51. The molecule has 8 nitrogen and oxygen atoms in total. The number of amides is 4. The summed E-state index contributed by atoms with van der Waals surface area (Å²) in [6.45, 7) is 0. The molecule has 0 spiro atoms. The normalized spacial score (nSPS) is 14.3. The Morgan fingerprint density at radius 3 is 2.40 bits per heavy atom. The number of nitrogens with one attached hydrogen (secondary N) is 1. The topological polar surface area (TPSA) is 102 Å². The van der Waals surface area contributed by atoms with Crippen LogP contribution in [0, 0.1) is 0 Å². The van der Waals surface area contributed by atoms with Crippen LogP contribution >= 0.6 is 0 Å². The van der Waals surface area contributed by atoms with Crippen molar-refractivity contribution in [1.82, 2.24) is 5.32 Å². The van der Waals surface area contributed by atoms with E-state index in [9.17, 15) is 19.2 Å². The van der Waals surface area contributed by atoms with Gasteiger partial charge in [-0.1, -0.05) is 0 Å². The lowest BCUT2D eigenvalue weighted by Crippen LogP contribution is -2.30. The molecule has 0 bridgehead atoms. The van der Waals surface area contributed by atoms with Crippen LogP contribution in [-0.4, -0.2) is 38.0 Å². The van der Waals surface area contributed by atoms with Crippen LogP contribution in [0.4, 0.5) is 10.5 Å². The van der Waals surface area contributed by atoms with Crippen LogP contribution in [-0.2, 0) is 14.3 Å². The van der Waals surface area contributed by atoms with E-state index in [0.717, 1.165) is 0 Å². The van der Waals surface area contributed by atoms with Crippen molar-refractivity contribution in [2.24, 2.45) is 0 Å². The number of hydrogen-bond acceptors (Lipinski definition) is 6. The number of benzene rings is 1. The summed E-state index contributed by atoms with van der Waals surface area (Å²) in [6.07, 6.45) is 0. The summed E-state index contributed by atoms with van der Waals surface area (Å²) in [7, 11) is 2.55. The zero-order valence-corrected chi connectivity index (χ0v) is 10.6. The number of carbonyl (C=O) groups is 4. The number of rotatable bonds is 3. The Hall–Kier alpha value is -2.90.